The zero-order chi connectivity index (χ0) is 13.1. The molecule has 7 heteroatoms. The Morgan fingerprint density at radius 1 is 1.56 bits per heavy atom. The van der Waals surface area contributed by atoms with Crippen molar-refractivity contribution in [1.29, 1.82) is 0 Å². The molecule has 1 saturated heterocycles. The van der Waals surface area contributed by atoms with Gasteiger partial charge in [0.05, 0.1) is 13.2 Å². The summed E-state index contributed by atoms with van der Waals surface area (Å²) in [5.41, 5.74) is 5.48. The van der Waals surface area contributed by atoms with Gasteiger partial charge >= 0.3 is 5.97 Å². The van der Waals surface area contributed by atoms with Gasteiger partial charge in [0.1, 0.15) is 5.82 Å². The third kappa shape index (κ3) is 2.40. The monoisotopic (exact) mass is 251 g/mol. The van der Waals surface area contributed by atoms with Crippen LogP contribution in [0.4, 0.5) is 5.82 Å². The highest BCUT2D eigenvalue weighted by atomic mass is 16.5. The molecule has 1 fully saturated rings. The van der Waals surface area contributed by atoms with Crippen LogP contribution < -0.4 is 10.6 Å². The number of hydrogen-bond donors (Lipinski definition) is 2. The van der Waals surface area contributed by atoms with Crippen LogP contribution in [0, 0.1) is 0 Å². The first-order valence-corrected chi connectivity index (χ1v) is 5.42. The average molecular weight is 251 g/mol. The average Bonchev–Trinajstić information content (AvgIpc) is 2.39. The molecule has 1 unspecified atom stereocenters. The molecule has 3 N–H and O–H groups in total. The van der Waals surface area contributed by atoms with E-state index in [1.54, 1.807) is 4.90 Å². The Kier molecular flexibility index (Phi) is 3.42. The molecular weight excluding hydrogens is 238 g/mol. The van der Waals surface area contributed by atoms with Crippen molar-refractivity contribution >= 4 is 17.7 Å². The van der Waals surface area contributed by atoms with Crippen molar-refractivity contribution in [2.45, 2.75) is 6.04 Å². The highest BCUT2D eigenvalue weighted by Crippen LogP contribution is 2.18. The van der Waals surface area contributed by atoms with Gasteiger partial charge in [-0.2, -0.15) is 0 Å². The van der Waals surface area contributed by atoms with Crippen LogP contribution in [0.2, 0.25) is 0 Å². The van der Waals surface area contributed by atoms with Gasteiger partial charge in [0, 0.05) is 18.3 Å². The molecule has 1 aliphatic heterocycles. The van der Waals surface area contributed by atoms with E-state index >= 15 is 0 Å². The lowest BCUT2D eigenvalue weighted by molar-refractivity contribution is -0.141. The number of ether oxygens (including phenoxy) is 1. The van der Waals surface area contributed by atoms with E-state index in [-0.39, 0.29) is 6.61 Å². The Morgan fingerprint density at radius 3 is 3.00 bits per heavy atom. The lowest BCUT2D eigenvalue weighted by Crippen LogP contribution is -2.50. The molecular formula is C11H13N3O4. The quantitative estimate of drug-likeness (QED) is 0.748. The maximum Gasteiger partial charge on any atom is 0.328 e. The van der Waals surface area contributed by atoms with Crippen LogP contribution in [0.25, 0.3) is 0 Å². The Bertz CT molecular complexity index is 477. The number of hydrogen-bond acceptors (Lipinski definition) is 5. The van der Waals surface area contributed by atoms with Crippen LogP contribution in [0.15, 0.2) is 18.3 Å². The molecule has 0 aromatic carbocycles. The highest BCUT2D eigenvalue weighted by Gasteiger charge is 2.30. The van der Waals surface area contributed by atoms with E-state index in [0.717, 1.165) is 0 Å². The van der Waals surface area contributed by atoms with Crippen LogP contribution in [-0.2, 0) is 9.53 Å². The summed E-state index contributed by atoms with van der Waals surface area (Å²) in [7, 11) is 0. The summed E-state index contributed by atoms with van der Waals surface area (Å²) < 4.78 is 5.13. The van der Waals surface area contributed by atoms with E-state index in [4.69, 9.17) is 15.6 Å². The Morgan fingerprint density at radius 2 is 2.33 bits per heavy atom. The first-order chi connectivity index (χ1) is 8.59. The molecule has 96 valence electrons. The minimum absolute atomic E-state index is 0.0951. The Balaban J connectivity index is 2.30. The molecule has 1 amide bonds. The second kappa shape index (κ2) is 5.01. The van der Waals surface area contributed by atoms with Crippen LogP contribution in [0.1, 0.15) is 10.4 Å². The van der Waals surface area contributed by atoms with E-state index in [2.05, 4.69) is 4.98 Å². The Hall–Kier alpha value is -2.15. The summed E-state index contributed by atoms with van der Waals surface area (Å²) >= 11 is 0. The number of primary amides is 1. The first kappa shape index (κ1) is 12.3. The number of aliphatic carboxylic acids is 1. The maximum atomic E-state index is 11.1. The number of carboxylic acids is 1. The van der Waals surface area contributed by atoms with Gasteiger partial charge < -0.3 is 20.5 Å². The molecule has 1 aromatic heterocycles. The molecule has 1 atom stereocenters. The number of anilines is 1. The van der Waals surface area contributed by atoms with Crippen molar-refractivity contribution in [3.8, 4) is 0 Å². The van der Waals surface area contributed by atoms with Crippen LogP contribution in [-0.4, -0.2) is 47.8 Å². The lowest BCUT2D eigenvalue weighted by Gasteiger charge is -2.33. The second-order valence-corrected chi connectivity index (χ2v) is 3.89. The highest BCUT2D eigenvalue weighted by molar-refractivity contribution is 5.93. The lowest BCUT2D eigenvalue weighted by atomic mass is 10.2. The predicted octanol–water partition coefficient (Wildman–Crippen LogP) is -0.530. The number of carboxylic acid groups (broad SMARTS) is 1. The number of aromatic nitrogens is 1. The van der Waals surface area contributed by atoms with Gasteiger partial charge in [0.2, 0.25) is 5.91 Å². The number of nitrogens with two attached hydrogens (primary N) is 1. The fourth-order valence-corrected chi connectivity index (χ4v) is 1.81. The molecule has 2 rings (SSSR count). The molecule has 7 nitrogen and oxygen atoms in total. The molecule has 2 heterocycles. The fourth-order valence-electron chi connectivity index (χ4n) is 1.81. The van der Waals surface area contributed by atoms with Crippen molar-refractivity contribution in [3.05, 3.63) is 23.9 Å². The van der Waals surface area contributed by atoms with E-state index in [9.17, 15) is 9.59 Å². The topological polar surface area (TPSA) is 106 Å². The molecule has 0 aliphatic carbocycles. The van der Waals surface area contributed by atoms with E-state index < -0.39 is 17.9 Å². The van der Waals surface area contributed by atoms with E-state index in [0.29, 0.717) is 24.5 Å². The van der Waals surface area contributed by atoms with Gasteiger partial charge in [-0.25, -0.2) is 9.78 Å². The van der Waals surface area contributed by atoms with Crippen molar-refractivity contribution in [2.24, 2.45) is 5.73 Å². The van der Waals surface area contributed by atoms with E-state index in [1.165, 1.54) is 18.3 Å². The normalized spacial score (nSPS) is 19.6. The number of amides is 1. The number of pyridine rings is 1. The molecule has 0 bridgehead atoms. The maximum absolute atomic E-state index is 11.1. The summed E-state index contributed by atoms with van der Waals surface area (Å²) in [6.45, 7) is 0.927. The van der Waals surface area contributed by atoms with Gasteiger partial charge in [0.25, 0.3) is 0 Å². The van der Waals surface area contributed by atoms with Gasteiger partial charge in [0.15, 0.2) is 6.04 Å². The number of morpholine rings is 1. The third-order valence-corrected chi connectivity index (χ3v) is 2.74. The zero-order valence-electron chi connectivity index (χ0n) is 9.57. The van der Waals surface area contributed by atoms with Crippen LogP contribution in [0.3, 0.4) is 0 Å². The number of nitrogens with zero attached hydrogens (tertiary/aromatic N) is 2. The molecule has 18 heavy (non-hydrogen) atoms. The summed E-state index contributed by atoms with van der Waals surface area (Å²) in [6.07, 6.45) is 1.43. The van der Waals surface area contributed by atoms with Crippen molar-refractivity contribution in [1.82, 2.24) is 4.98 Å². The largest absolute Gasteiger partial charge is 0.480 e. The standard InChI is InChI=1S/C11H13N3O4/c12-10(15)7-1-2-13-9(5-7)14-3-4-18-6-8(14)11(16)17/h1-2,5,8H,3-4,6H2,(H2,12,15)(H,16,17). The molecule has 0 spiro atoms. The van der Waals surface area contributed by atoms with Crippen LogP contribution in [0.5, 0.6) is 0 Å². The van der Waals surface area contributed by atoms with Gasteiger partial charge in [-0.05, 0) is 12.1 Å². The van der Waals surface area contributed by atoms with Crippen molar-refractivity contribution in [3.63, 3.8) is 0 Å². The summed E-state index contributed by atoms with van der Waals surface area (Å²) in [4.78, 5) is 27.9. The predicted molar refractivity (Wildman–Crippen MR) is 62.3 cm³/mol. The number of carbonyl (C=O) groups excluding carboxylic acids is 1. The summed E-state index contributed by atoms with van der Waals surface area (Å²) in [5, 5.41) is 9.11. The fraction of sp³-hybridized carbons (Fsp3) is 0.364. The summed E-state index contributed by atoms with van der Waals surface area (Å²) in [6, 6.07) is 2.18. The van der Waals surface area contributed by atoms with Crippen molar-refractivity contribution in [2.75, 3.05) is 24.7 Å². The smallest absolute Gasteiger partial charge is 0.328 e. The molecule has 1 aromatic rings. The second-order valence-electron chi connectivity index (χ2n) is 3.89. The number of rotatable bonds is 3. The first-order valence-electron chi connectivity index (χ1n) is 5.42. The van der Waals surface area contributed by atoms with Gasteiger partial charge in [-0.3, -0.25) is 4.79 Å². The Labute approximate surface area is 103 Å². The molecule has 0 radical (unpaired) electrons. The molecule has 1 aliphatic rings. The zero-order valence-corrected chi connectivity index (χ0v) is 9.57. The van der Waals surface area contributed by atoms with E-state index in [1.807, 2.05) is 0 Å². The number of carbonyl (C=O) groups is 2. The third-order valence-electron chi connectivity index (χ3n) is 2.74. The van der Waals surface area contributed by atoms with Crippen LogP contribution >= 0.6 is 0 Å². The summed E-state index contributed by atoms with van der Waals surface area (Å²) in [5.74, 6) is -1.14. The molecule has 0 saturated carbocycles. The SMILES string of the molecule is NC(=O)c1ccnc(N2CCOCC2C(=O)O)c1. The minimum Gasteiger partial charge on any atom is -0.480 e. The minimum atomic E-state index is -0.985. The van der Waals surface area contributed by atoms with Crippen molar-refractivity contribution < 1.29 is 19.4 Å². The van der Waals surface area contributed by atoms with Gasteiger partial charge in [-0.1, -0.05) is 0 Å². The van der Waals surface area contributed by atoms with Gasteiger partial charge in [-0.15, -0.1) is 0 Å².